The Bertz CT molecular complexity index is 1030. The van der Waals surface area contributed by atoms with Crippen molar-refractivity contribution in [1.82, 2.24) is 0 Å². The van der Waals surface area contributed by atoms with E-state index in [4.69, 9.17) is 14.2 Å². The van der Waals surface area contributed by atoms with Gasteiger partial charge in [-0.05, 0) is 59.0 Å². The third-order valence-corrected chi connectivity index (χ3v) is 4.83. The van der Waals surface area contributed by atoms with Crippen molar-refractivity contribution in [2.45, 2.75) is 13.3 Å². The Morgan fingerprint density at radius 1 is 1.03 bits per heavy atom. The van der Waals surface area contributed by atoms with E-state index in [0.717, 1.165) is 12.1 Å². The lowest BCUT2D eigenvalue weighted by Gasteiger charge is -2.13. The highest BCUT2D eigenvalue weighted by Crippen LogP contribution is 2.46. The van der Waals surface area contributed by atoms with Gasteiger partial charge in [0, 0.05) is 11.6 Å². The number of hydrogen-bond acceptors (Lipinski definition) is 4. The molecule has 0 unspecified atom stereocenters. The summed E-state index contributed by atoms with van der Waals surface area (Å²) in [5, 5.41) is 9.24. The van der Waals surface area contributed by atoms with Gasteiger partial charge in [-0.3, -0.25) is 4.79 Å². The molecule has 0 radical (unpaired) electrons. The highest BCUT2D eigenvalue weighted by Gasteiger charge is 2.29. The van der Waals surface area contributed by atoms with Crippen LogP contribution in [0.1, 0.15) is 30.0 Å². The molecule has 0 aromatic heterocycles. The fraction of sp³-hybridized carbons (Fsp3) is 0.227. The second kappa shape index (κ2) is 7.95. The number of rotatable bonds is 6. The molecule has 29 heavy (non-hydrogen) atoms. The molecule has 0 saturated heterocycles. The fourth-order valence-corrected chi connectivity index (χ4v) is 3.55. The zero-order valence-electron chi connectivity index (χ0n) is 16.4. The van der Waals surface area contributed by atoms with Gasteiger partial charge in [-0.2, -0.15) is 0 Å². The van der Waals surface area contributed by atoms with E-state index in [1.54, 1.807) is 25.1 Å². The third-order valence-electron chi connectivity index (χ3n) is 4.83. The van der Waals surface area contributed by atoms with Crippen LogP contribution in [0.4, 0.5) is 8.78 Å². The number of methoxy groups -OCH3 is 3. The normalized spacial score (nSPS) is 14.2. The molecule has 0 aliphatic heterocycles. The molecule has 152 valence electrons. The maximum absolute atomic E-state index is 14.7. The molecule has 7 heteroatoms. The summed E-state index contributed by atoms with van der Waals surface area (Å²) in [6.45, 7) is 1.69. The lowest BCUT2D eigenvalue weighted by molar-refractivity contribution is -0.135. The Labute approximate surface area is 166 Å². The maximum Gasteiger partial charge on any atom is 0.307 e. The minimum Gasteiger partial charge on any atom is -0.493 e. The molecule has 0 saturated carbocycles. The molecule has 0 bridgehead atoms. The van der Waals surface area contributed by atoms with Crippen LogP contribution in [0.3, 0.4) is 0 Å². The Balaban J connectivity index is 2.25. The second-order valence-electron chi connectivity index (χ2n) is 6.50. The molecule has 3 rings (SSSR count). The summed E-state index contributed by atoms with van der Waals surface area (Å²) >= 11 is 0. The first-order chi connectivity index (χ1) is 13.8. The average molecular weight is 402 g/mol. The average Bonchev–Trinajstić information content (AvgIpc) is 2.92. The van der Waals surface area contributed by atoms with Crippen molar-refractivity contribution in [1.29, 1.82) is 0 Å². The molecule has 1 aliphatic rings. The molecule has 1 N–H and O–H groups in total. The van der Waals surface area contributed by atoms with Gasteiger partial charge < -0.3 is 19.3 Å². The summed E-state index contributed by atoms with van der Waals surface area (Å²) in [5.41, 5.74) is 2.48. The number of fused-ring (bicyclic) bond motifs is 1. The van der Waals surface area contributed by atoms with E-state index in [1.807, 2.05) is 0 Å². The second-order valence-corrected chi connectivity index (χ2v) is 6.50. The zero-order valence-corrected chi connectivity index (χ0v) is 16.4. The van der Waals surface area contributed by atoms with Crippen LogP contribution >= 0.6 is 0 Å². The smallest absolute Gasteiger partial charge is 0.307 e. The first kappa shape index (κ1) is 20.4. The van der Waals surface area contributed by atoms with E-state index in [2.05, 4.69) is 0 Å². The molecule has 0 fully saturated rings. The van der Waals surface area contributed by atoms with Crippen molar-refractivity contribution in [2.75, 3.05) is 21.3 Å². The van der Waals surface area contributed by atoms with E-state index in [0.29, 0.717) is 39.5 Å². The molecular formula is C22H20F2O5. The van der Waals surface area contributed by atoms with Crippen LogP contribution in [0.25, 0.3) is 17.2 Å². The lowest BCUT2D eigenvalue weighted by atomic mass is 9.99. The summed E-state index contributed by atoms with van der Waals surface area (Å²) in [5.74, 6) is -1.34. The van der Waals surface area contributed by atoms with Crippen LogP contribution in [-0.2, 0) is 4.79 Å². The Morgan fingerprint density at radius 2 is 1.66 bits per heavy atom. The van der Waals surface area contributed by atoms with Gasteiger partial charge in [-0.15, -0.1) is 0 Å². The van der Waals surface area contributed by atoms with Gasteiger partial charge >= 0.3 is 5.97 Å². The van der Waals surface area contributed by atoms with Gasteiger partial charge in [-0.25, -0.2) is 8.78 Å². The number of ether oxygens (including phenoxy) is 3. The molecular weight excluding hydrogens is 382 g/mol. The highest BCUT2D eigenvalue weighted by atomic mass is 19.1. The number of carbonyl (C=O) groups is 1. The zero-order chi connectivity index (χ0) is 21.3. The largest absolute Gasteiger partial charge is 0.493 e. The number of benzene rings is 2. The number of aliphatic carboxylic acids is 1. The van der Waals surface area contributed by atoms with Crippen LogP contribution in [0.5, 0.6) is 17.2 Å². The number of halogens is 2. The fourth-order valence-electron chi connectivity index (χ4n) is 3.55. The van der Waals surface area contributed by atoms with Crippen molar-refractivity contribution < 1.29 is 32.9 Å². The van der Waals surface area contributed by atoms with Gasteiger partial charge in [0.2, 0.25) is 5.75 Å². The molecule has 0 heterocycles. The van der Waals surface area contributed by atoms with Crippen molar-refractivity contribution in [3.05, 3.63) is 58.2 Å². The monoisotopic (exact) mass is 402 g/mol. The minimum absolute atomic E-state index is 0.175. The van der Waals surface area contributed by atoms with E-state index in [-0.39, 0.29) is 17.5 Å². The van der Waals surface area contributed by atoms with Gasteiger partial charge in [0.05, 0.1) is 27.8 Å². The Morgan fingerprint density at radius 3 is 2.17 bits per heavy atom. The minimum atomic E-state index is -1.08. The molecule has 2 aromatic rings. The van der Waals surface area contributed by atoms with E-state index in [9.17, 15) is 18.7 Å². The highest BCUT2D eigenvalue weighted by molar-refractivity contribution is 6.07. The first-order valence-corrected chi connectivity index (χ1v) is 8.74. The van der Waals surface area contributed by atoms with Crippen molar-refractivity contribution >= 4 is 23.2 Å². The maximum atomic E-state index is 14.7. The topological polar surface area (TPSA) is 65.0 Å². The third kappa shape index (κ3) is 3.68. The Kier molecular flexibility index (Phi) is 5.59. The SMILES string of the molecule is COc1cc(/C=C2\C(C)=C(CC(=O)O)c3cc(F)cc(F)c32)cc(OC)c1OC. The number of allylic oxidation sites excluding steroid dienone is 2. The molecule has 0 spiro atoms. The van der Waals surface area contributed by atoms with E-state index >= 15 is 0 Å². The van der Waals surface area contributed by atoms with Gasteiger partial charge in [0.25, 0.3) is 0 Å². The van der Waals surface area contributed by atoms with Crippen molar-refractivity contribution in [3.63, 3.8) is 0 Å². The number of carboxylic acids is 1. The quantitative estimate of drug-likeness (QED) is 0.752. The predicted molar refractivity (Wildman–Crippen MR) is 105 cm³/mol. The van der Waals surface area contributed by atoms with Crippen molar-refractivity contribution in [3.8, 4) is 17.2 Å². The van der Waals surface area contributed by atoms with E-state index in [1.165, 1.54) is 21.3 Å². The standard InChI is InChI=1S/C22H20F2O5/c1-11-14(10-20(25)26)16-8-13(23)9-17(24)21(16)15(11)5-12-6-18(27-2)22(29-4)19(7-12)28-3/h5-9H,10H2,1-4H3,(H,25,26)/b15-5+. The summed E-state index contributed by atoms with van der Waals surface area (Å²) < 4.78 is 44.5. The summed E-state index contributed by atoms with van der Waals surface area (Å²) in [4.78, 5) is 11.3. The molecule has 2 aromatic carbocycles. The lowest BCUT2D eigenvalue weighted by Crippen LogP contribution is -1.98. The van der Waals surface area contributed by atoms with Gasteiger partial charge in [-0.1, -0.05) is 0 Å². The summed E-state index contributed by atoms with van der Waals surface area (Å²) in [6.07, 6.45) is 1.35. The van der Waals surface area contributed by atoms with Gasteiger partial charge in [0.1, 0.15) is 11.6 Å². The predicted octanol–water partition coefficient (Wildman–Crippen LogP) is 4.79. The first-order valence-electron chi connectivity index (χ1n) is 8.74. The van der Waals surface area contributed by atoms with Crippen LogP contribution in [0.15, 0.2) is 29.8 Å². The Hall–Kier alpha value is -3.35. The van der Waals surface area contributed by atoms with Crippen molar-refractivity contribution in [2.24, 2.45) is 0 Å². The van der Waals surface area contributed by atoms with Crippen LogP contribution in [0.2, 0.25) is 0 Å². The number of hydrogen-bond donors (Lipinski definition) is 1. The van der Waals surface area contributed by atoms with E-state index < -0.39 is 17.6 Å². The molecule has 1 aliphatic carbocycles. The van der Waals surface area contributed by atoms with Crippen LogP contribution in [-0.4, -0.2) is 32.4 Å². The molecule has 0 atom stereocenters. The van der Waals surface area contributed by atoms with Crippen LogP contribution < -0.4 is 14.2 Å². The summed E-state index contributed by atoms with van der Waals surface area (Å²) in [6, 6.07) is 5.34. The molecule has 0 amide bonds. The molecule has 5 nitrogen and oxygen atoms in total. The number of carboxylic acid groups (broad SMARTS) is 1. The van der Waals surface area contributed by atoms with Gasteiger partial charge in [0.15, 0.2) is 11.5 Å². The summed E-state index contributed by atoms with van der Waals surface area (Å²) in [7, 11) is 4.45. The van der Waals surface area contributed by atoms with Crippen LogP contribution in [0, 0.1) is 11.6 Å².